The van der Waals surface area contributed by atoms with E-state index in [1.54, 1.807) is 30.2 Å². The van der Waals surface area contributed by atoms with Crippen LogP contribution >= 0.6 is 0 Å². The summed E-state index contributed by atoms with van der Waals surface area (Å²) in [6, 6.07) is 10.9. The lowest BCUT2D eigenvalue weighted by Crippen LogP contribution is -2.46. The average molecular weight is 406 g/mol. The van der Waals surface area contributed by atoms with Gasteiger partial charge in [0.15, 0.2) is 15.9 Å². The Hall–Kier alpha value is -2.28. The van der Waals surface area contributed by atoms with Crippen molar-refractivity contribution in [2.75, 3.05) is 11.5 Å². The number of carbonyl (C=O) groups excluding carboxylic acids is 1. The highest BCUT2D eigenvalue weighted by Crippen LogP contribution is 2.23. The van der Waals surface area contributed by atoms with Crippen LogP contribution < -0.4 is 4.74 Å². The van der Waals surface area contributed by atoms with E-state index < -0.39 is 15.9 Å². The van der Waals surface area contributed by atoms with Crippen LogP contribution in [0.4, 0.5) is 0 Å². The van der Waals surface area contributed by atoms with Crippen LogP contribution in [0.15, 0.2) is 47.1 Å². The number of ether oxygens (including phenoxy) is 1. The maximum absolute atomic E-state index is 13.1. The van der Waals surface area contributed by atoms with Crippen LogP contribution in [-0.2, 0) is 21.2 Å². The summed E-state index contributed by atoms with van der Waals surface area (Å²) in [7, 11) is -3.12. The number of hydrogen-bond acceptors (Lipinski definition) is 5. The SMILES string of the molecule is CC(C)c1ccc(O[C@@H](C)C(=O)N(Cc2ccco2)[C@H]2CCS(=O)(=O)C2)cc1. The highest BCUT2D eigenvalue weighted by Gasteiger charge is 2.37. The first-order valence-corrected chi connectivity index (χ1v) is 11.4. The third-order valence-corrected chi connectivity index (χ3v) is 6.80. The van der Waals surface area contributed by atoms with E-state index in [4.69, 9.17) is 9.15 Å². The summed E-state index contributed by atoms with van der Waals surface area (Å²) in [4.78, 5) is 14.7. The van der Waals surface area contributed by atoms with E-state index in [9.17, 15) is 13.2 Å². The molecule has 0 bridgehead atoms. The fourth-order valence-electron chi connectivity index (χ4n) is 3.40. The van der Waals surface area contributed by atoms with Gasteiger partial charge in [-0.1, -0.05) is 26.0 Å². The van der Waals surface area contributed by atoms with Crippen molar-refractivity contribution < 1.29 is 22.4 Å². The van der Waals surface area contributed by atoms with Crippen LogP contribution in [0.3, 0.4) is 0 Å². The predicted octanol–water partition coefficient (Wildman–Crippen LogP) is 3.39. The van der Waals surface area contributed by atoms with E-state index in [0.29, 0.717) is 23.8 Å². The average Bonchev–Trinajstić information content (AvgIpc) is 3.28. The Labute approximate surface area is 166 Å². The third kappa shape index (κ3) is 4.95. The van der Waals surface area contributed by atoms with Gasteiger partial charge in [-0.15, -0.1) is 0 Å². The molecule has 3 rings (SSSR count). The molecule has 1 amide bonds. The molecule has 2 heterocycles. The molecular formula is C21H27NO5S. The molecular weight excluding hydrogens is 378 g/mol. The molecule has 1 aromatic carbocycles. The second-order valence-corrected chi connectivity index (χ2v) is 9.81. The Kier molecular flexibility index (Phi) is 6.13. The van der Waals surface area contributed by atoms with Gasteiger partial charge in [-0.2, -0.15) is 0 Å². The lowest BCUT2D eigenvalue weighted by molar-refractivity contribution is -0.140. The Morgan fingerprint density at radius 2 is 1.93 bits per heavy atom. The summed E-state index contributed by atoms with van der Waals surface area (Å²) in [5.41, 5.74) is 1.20. The quantitative estimate of drug-likeness (QED) is 0.706. The molecule has 2 aromatic rings. The molecule has 1 aliphatic heterocycles. The molecule has 0 spiro atoms. The van der Waals surface area contributed by atoms with Crippen molar-refractivity contribution in [2.45, 2.75) is 51.8 Å². The second kappa shape index (κ2) is 8.39. The summed E-state index contributed by atoms with van der Waals surface area (Å²) in [6.07, 6.45) is 1.24. The minimum Gasteiger partial charge on any atom is -0.481 e. The Morgan fingerprint density at radius 3 is 2.46 bits per heavy atom. The summed E-state index contributed by atoms with van der Waals surface area (Å²) in [5, 5.41) is 0. The van der Waals surface area contributed by atoms with Crippen molar-refractivity contribution in [1.29, 1.82) is 0 Å². The van der Waals surface area contributed by atoms with Gasteiger partial charge in [-0.3, -0.25) is 4.79 Å². The maximum atomic E-state index is 13.1. The van der Waals surface area contributed by atoms with Gasteiger partial charge >= 0.3 is 0 Å². The fourth-order valence-corrected chi connectivity index (χ4v) is 5.13. The summed E-state index contributed by atoms with van der Waals surface area (Å²) < 4.78 is 35.1. The van der Waals surface area contributed by atoms with Gasteiger partial charge in [0, 0.05) is 6.04 Å². The van der Waals surface area contributed by atoms with Crippen LogP contribution in [0, 0.1) is 0 Å². The van der Waals surface area contributed by atoms with Gasteiger partial charge in [0.2, 0.25) is 0 Å². The highest BCUT2D eigenvalue weighted by atomic mass is 32.2. The Balaban J connectivity index is 1.73. The van der Waals surface area contributed by atoms with Crippen molar-refractivity contribution in [1.82, 2.24) is 4.90 Å². The van der Waals surface area contributed by atoms with Crippen molar-refractivity contribution in [2.24, 2.45) is 0 Å². The van der Waals surface area contributed by atoms with Crippen molar-refractivity contribution in [3.05, 3.63) is 54.0 Å². The van der Waals surface area contributed by atoms with Crippen molar-refractivity contribution in [3.63, 3.8) is 0 Å². The van der Waals surface area contributed by atoms with Gasteiger partial charge in [0.25, 0.3) is 5.91 Å². The van der Waals surface area contributed by atoms with Crippen LogP contribution in [0.2, 0.25) is 0 Å². The first-order chi connectivity index (χ1) is 13.2. The lowest BCUT2D eigenvalue weighted by Gasteiger charge is -2.30. The van der Waals surface area contributed by atoms with Crippen molar-refractivity contribution in [3.8, 4) is 5.75 Å². The molecule has 0 N–H and O–H groups in total. The summed E-state index contributed by atoms with van der Waals surface area (Å²) in [5.74, 6) is 1.49. The van der Waals surface area contributed by atoms with Gasteiger partial charge in [-0.05, 0) is 49.1 Å². The number of hydrogen-bond donors (Lipinski definition) is 0. The van der Waals surface area contributed by atoms with Gasteiger partial charge < -0.3 is 14.1 Å². The smallest absolute Gasteiger partial charge is 0.264 e. The van der Waals surface area contributed by atoms with Gasteiger partial charge in [0.05, 0.1) is 24.3 Å². The molecule has 0 aliphatic carbocycles. The second-order valence-electron chi connectivity index (χ2n) is 7.59. The molecule has 1 fully saturated rings. The molecule has 28 heavy (non-hydrogen) atoms. The van der Waals surface area contributed by atoms with E-state index in [-0.39, 0.29) is 30.0 Å². The number of sulfone groups is 1. The summed E-state index contributed by atoms with van der Waals surface area (Å²) in [6.45, 7) is 6.15. The molecule has 6 nitrogen and oxygen atoms in total. The summed E-state index contributed by atoms with van der Waals surface area (Å²) >= 11 is 0. The molecule has 1 aromatic heterocycles. The molecule has 152 valence electrons. The van der Waals surface area contributed by atoms with E-state index in [2.05, 4.69) is 13.8 Å². The number of amides is 1. The molecule has 0 unspecified atom stereocenters. The molecule has 7 heteroatoms. The first-order valence-electron chi connectivity index (χ1n) is 9.55. The minimum absolute atomic E-state index is 0.0186. The zero-order chi connectivity index (χ0) is 20.3. The number of rotatable bonds is 7. The number of furan rings is 1. The largest absolute Gasteiger partial charge is 0.481 e. The third-order valence-electron chi connectivity index (χ3n) is 5.05. The van der Waals surface area contributed by atoms with Crippen LogP contribution in [0.25, 0.3) is 0 Å². The molecule has 0 saturated carbocycles. The van der Waals surface area contributed by atoms with E-state index in [0.717, 1.165) is 0 Å². The maximum Gasteiger partial charge on any atom is 0.264 e. The fraction of sp³-hybridized carbons (Fsp3) is 0.476. The van der Waals surface area contributed by atoms with Crippen LogP contribution in [-0.4, -0.2) is 42.9 Å². The Bertz CT molecular complexity index is 887. The zero-order valence-corrected chi connectivity index (χ0v) is 17.3. The molecule has 1 aliphatic rings. The first kappa shape index (κ1) is 20.5. The monoisotopic (exact) mass is 405 g/mol. The number of nitrogens with zero attached hydrogens (tertiary/aromatic N) is 1. The Morgan fingerprint density at radius 1 is 1.21 bits per heavy atom. The topological polar surface area (TPSA) is 76.8 Å². The van der Waals surface area contributed by atoms with Crippen LogP contribution in [0.5, 0.6) is 5.75 Å². The van der Waals surface area contributed by atoms with Crippen molar-refractivity contribution >= 4 is 15.7 Å². The van der Waals surface area contributed by atoms with E-state index in [1.165, 1.54) is 5.56 Å². The molecule has 0 radical (unpaired) electrons. The number of carbonyl (C=O) groups is 1. The van der Waals surface area contributed by atoms with Gasteiger partial charge in [0.1, 0.15) is 11.5 Å². The minimum atomic E-state index is -3.12. The van der Waals surface area contributed by atoms with E-state index in [1.807, 2.05) is 24.3 Å². The van der Waals surface area contributed by atoms with Crippen LogP contribution in [0.1, 0.15) is 44.4 Å². The standard InChI is InChI=1S/C21H27NO5S/c1-15(2)17-6-8-19(9-7-17)27-16(3)21(23)22(13-20-5-4-11-26-20)18-10-12-28(24,25)14-18/h4-9,11,15-16,18H,10,12-14H2,1-3H3/t16-,18-/m0/s1. The van der Waals surface area contributed by atoms with E-state index >= 15 is 0 Å². The lowest BCUT2D eigenvalue weighted by atomic mass is 10.0. The predicted molar refractivity (Wildman–Crippen MR) is 107 cm³/mol. The molecule has 1 saturated heterocycles. The molecule has 2 atom stereocenters. The highest BCUT2D eigenvalue weighted by molar-refractivity contribution is 7.91. The van der Waals surface area contributed by atoms with Gasteiger partial charge in [-0.25, -0.2) is 8.42 Å². The zero-order valence-electron chi connectivity index (χ0n) is 16.5. The normalized spacial score (nSPS) is 19.5. The number of benzene rings is 1.